The molecule has 3 aromatic rings. The fraction of sp³-hybridized carbons (Fsp3) is 0.158. The SMILES string of the molecule is Cc1cc(C)cc(NC(=O)c2ccn(COc3ccccc3F)n2)c1. The van der Waals surface area contributed by atoms with Crippen molar-refractivity contribution in [1.29, 1.82) is 0 Å². The second kappa shape index (κ2) is 7.17. The van der Waals surface area contributed by atoms with Crippen LogP contribution in [0.2, 0.25) is 0 Å². The number of nitrogens with one attached hydrogen (secondary N) is 1. The van der Waals surface area contributed by atoms with E-state index in [9.17, 15) is 9.18 Å². The van der Waals surface area contributed by atoms with Crippen molar-refractivity contribution in [1.82, 2.24) is 9.78 Å². The van der Waals surface area contributed by atoms with Gasteiger partial charge in [-0.25, -0.2) is 9.07 Å². The zero-order valence-electron chi connectivity index (χ0n) is 14.0. The Morgan fingerprint density at radius 1 is 1.16 bits per heavy atom. The normalized spacial score (nSPS) is 10.5. The van der Waals surface area contributed by atoms with Gasteiger partial charge in [-0.2, -0.15) is 5.10 Å². The van der Waals surface area contributed by atoms with Gasteiger partial charge in [0.15, 0.2) is 24.0 Å². The molecule has 5 nitrogen and oxygen atoms in total. The standard InChI is InChI=1S/C19H18FN3O2/c1-13-9-14(2)11-15(10-13)21-19(24)17-7-8-23(22-17)12-25-18-6-4-3-5-16(18)20/h3-11H,12H2,1-2H3,(H,21,24). The summed E-state index contributed by atoms with van der Waals surface area (Å²) < 4.78 is 20.3. The van der Waals surface area contributed by atoms with Gasteiger partial charge in [-0.05, 0) is 55.3 Å². The number of aromatic nitrogens is 2. The molecule has 0 atom stereocenters. The molecule has 0 aliphatic carbocycles. The van der Waals surface area contributed by atoms with E-state index in [-0.39, 0.29) is 24.1 Å². The van der Waals surface area contributed by atoms with Gasteiger partial charge in [0, 0.05) is 11.9 Å². The first-order chi connectivity index (χ1) is 12.0. The van der Waals surface area contributed by atoms with E-state index in [1.165, 1.54) is 16.8 Å². The number of anilines is 1. The largest absolute Gasteiger partial charge is 0.468 e. The number of amides is 1. The zero-order valence-corrected chi connectivity index (χ0v) is 14.0. The predicted molar refractivity (Wildman–Crippen MR) is 93.1 cm³/mol. The molecular formula is C19H18FN3O2. The molecule has 0 saturated carbocycles. The maximum Gasteiger partial charge on any atom is 0.276 e. The first-order valence-corrected chi connectivity index (χ1v) is 7.82. The summed E-state index contributed by atoms with van der Waals surface area (Å²) in [4.78, 5) is 12.3. The minimum absolute atomic E-state index is 0.0117. The Balaban J connectivity index is 1.64. The quantitative estimate of drug-likeness (QED) is 0.766. The van der Waals surface area contributed by atoms with Crippen molar-refractivity contribution in [3.63, 3.8) is 0 Å². The lowest BCUT2D eigenvalue weighted by molar-refractivity contribution is 0.102. The molecule has 0 unspecified atom stereocenters. The van der Waals surface area contributed by atoms with Crippen LogP contribution in [-0.2, 0) is 6.73 Å². The summed E-state index contributed by atoms with van der Waals surface area (Å²) in [6, 6.07) is 13.5. The van der Waals surface area contributed by atoms with Crippen molar-refractivity contribution in [2.45, 2.75) is 20.6 Å². The Labute approximate surface area is 145 Å². The summed E-state index contributed by atoms with van der Waals surface area (Å²) in [6.07, 6.45) is 1.61. The number of hydrogen-bond donors (Lipinski definition) is 1. The van der Waals surface area contributed by atoms with E-state index in [4.69, 9.17) is 4.74 Å². The van der Waals surface area contributed by atoms with Crippen LogP contribution in [0.15, 0.2) is 54.7 Å². The maximum absolute atomic E-state index is 13.5. The van der Waals surface area contributed by atoms with Gasteiger partial charge in [0.05, 0.1) is 0 Å². The fourth-order valence-corrected chi connectivity index (χ4v) is 2.49. The van der Waals surface area contributed by atoms with Crippen LogP contribution in [0.3, 0.4) is 0 Å². The second-order valence-electron chi connectivity index (χ2n) is 5.77. The molecule has 1 N–H and O–H groups in total. The van der Waals surface area contributed by atoms with Crippen molar-refractivity contribution >= 4 is 11.6 Å². The van der Waals surface area contributed by atoms with Gasteiger partial charge >= 0.3 is 0 Å². The Kier molecular flexibility index (Phi) is 4.79. The number of halogens is 1. The van der Waals surface area contributed by atoms with Crippen molar-refractivity contribution in [3.8, 4) is 5.75 Å². The molecule has 128 valence electrons. The molecule has 0 fully saturated rings. The topological polar surface area (TPSA) is 56.2 Å². The van der Waals surface area contributed by atoms with E-state index < -0.39 is 5.82 Å². The van der Waals surface area contributed by atoms with Gasteiger partial charge in [-0.15, -0.1) is 0 Å². The second-order valence-corrected chi connectivity index (χ2v) is 5.77. The monoisotopic (exact) mass is 339 g/mol. The molecule has 1 amide bonds. The number of nitrogens with zero attached hydrogens (tertiary/aromatic N) is 2. The summed E-state index contributed by atoms with van der Waals surface area (Å²) in [5, 5.41) is 6.97. The van der Waals surface area contributed by atoms with Crippen LogP contribution in [0.5, 0.6) is 5.75 Å². The number of benzene rings is 2. The lowest BCUT2D eigenvalue weighted by Crippen LogP contribution is -2.14. The molecule has 1 aromatic heterocycles. The third kappa shape index (κ3) is 4.23. The molecule has 3 rings (SSSR count). The van der Waals surface area contributed by atoms with Gasteiger partial charge in [-0.1, -0.05) is 18.2 Å². The van der Waals surface area contributed by atoms with Crippen LogP contribution < -0.4 is 10.1 Å². The summed E-state index contributed by atoms with van der Waals surface area (Å²) in [5.41, 5.74) is 3.12. The lowest BCUT2D eigenvalue weighted by Gasteiger charge is -2.07. The highest BCUT2D eigenvalue weighted by atomic mass is 19.1. The highest BCUT2D eigenvalue weighted by Crippen LogP contribution is 2.16. The van der Waals surface area contributed by atoms with Gasteiger partial charge in [-0.3, -0.25) is 4.79 Å². The van der Waals surface area contributed by atoms with Gasteiger partial charge in [0.2, 0.25) is 0 Å². The van der Waals surface area contributed by atoms with Gasteiger partial charge in [0.1, 0.15) is 0 Å². The van der Waals surface area contributed by atoms with Crippen molar-refractivity contribution in [2.24, 2.45) is 0 Å². The fourth-order valence-electron chi connectivity index (χ4n) is 2.49. The van der Waals surface area contributed by atoms with Crippen LogP contribution in [0.1, 0.15) is 21.6 Å². The van der Waals surface area contributed by atoms with E-state index in [0.29, 0.717) is 0 Å². The number of para-hydroxylation sites is 1. The highest BCUT2D eigenvalue weighted by molar-refractivity contribution is 6.02. The Hall–Kier alpha value is -3.15. The molecule has 0 aliphatic rings. The van der Waals surface area contributed by atoms with E-state index in [2.05, 4.69) is 10.4 Å². The summed E-state index contributed by atoms with van der Waals surface area (Å²) in [5.74, 6) is -0.615. The minimum atomic E-state index is -0.442. The molecule has 0 spiro atoms. The maximum atomic E-state index is 13.5. The van der Waals surface area contributed by atoms with Crippen LogP contribution in [0, 0.1) is 19.7 Å². The molecule has 6 heteroatoms. The van der Waals surface area contributed by atoms with Crippen LogP contribution in [-0.4, -0.2) is 15.7 Å². The van der Waals surface area contributed by atoms with E-state index >= 15 is 0 Å². The molecule has 1 heterocycles. The Morgan fingerprint density at radius 2 is 1.88 bits per heavy atom. The van der Waals surface area contributed by atoms with Gasteiger partial charge < -0.3 is 10.1 Å². The van der Waals surface area contributed by atoms with E-state index in [1.807, 2.05) is 32.0 Å². The Bertz CT molecular complexity index is 885. The summed E-state index contributed by atoms with van der Waals surface area (Å²) >= 11 is 0. The van der Waals surface area contributed by atoms with Crippen molar-refractivity contribution < 1.29 is 13.9 Å². The smallest absolute Gasteiger partial charge is 0.276 e. The van der Waals surface area contributed by atoms with E-state index in [1.54, 1.807) is 24.4 Å². The number of carbonyl (C=O) groups excluding carboxylic acids is 1. The minimum Gasteiger partial charge on any atom is -0.468 e. The first kappa shape index (κ1) is 16.7. The number of aryl methyl sites for hydroxylation is 2. The van der Waals surface area contributed by atoms with Crippen molar-refractivity contribution in [3.05, 3.63) is 77.4 Å². The molecule has 0 saturated heterocycles. The average molecular weight is 339 g/mol. The number of carbonyl (C=O) groups is 1. The molecule has 25 heavy (non-hydrogen) atoms. The molecule has 0 radical (unpaired) electrons. The van der Waals surface area contributed by atoms with Crippen molar-refractivity contribution in [2.75, 3.05) is 5.32 Å². The van der Waals surface area contributed by atoms with Crippen LogP contribution >= 0.6 is 0 Å². The third-order valence-electron chi connectivity index (χ3n) is 3.54. The Morgan fingerprint density at radius 3 is 2.60 bits per heavy atom. The summed E-state index contributed by atoms with van der Waals surface area (Å²) in [6.45, 7) is 3.95. The molecule has 0 aliphatic heterocycles. The average Bonchev–Trinajstić information content (AvgIpc) is 3.02. The first-order valence-electron chi connectivity index (χ1n) is 7.82. The van der Waals surface area contributed by atoms with Gasteiger partial charge in [0.25, 0.3) is 5.91 Å². The van der Waals surface area contributed by atoms with Crippen LogP contribution in [0.25, 0.3) is 0 Å². The lowest BCUT2D eigenvalue weighted by atomic mass is 10.1. The highest BCUT2D eigenvalue weighted by Gasteiger charge is 2.11. The number of ether oxygens (including phenoxy) is 1. The van der Waals surface area contributed by atoms with E-state index in [0.717, 1.165) is 16.8 Å². The molecule has 2 aromatic carbocycles. The predicted octanol–water partition coefficient (Wildman–Crippen LogP) is 3.93. The summed E-state index contributed by atoms with van der Waals surface area (Å²) in [7, 11) is 0. The number of hydrogen-bond acceptors (Lipinski definition) is 3. The molecule has 0 bridgehead atoms. The van der Waals surface area contributed by atoms with Crippen LogP contribution in [0.4, 0.5) is 10.1 Å². The number of rotatable bonds is 5. The molecular weight excluding hydrogens is 321 g/mol. The third-order valence-corrected chi connectivity index (χ3v) is 3.54. The zero-order chi connectivity index (χ0) is 17.8.